The van der Waals surface area contributed by atoms with E-state index in [0.717, 1.165) is 0 Å². The fraction of sp³-hybridized carbons (Fsp3) is 0.667. The Kier molecular flexibility index (Phi) is 4.69. The Labute approximate surface area is 69.1 Å². The minimum Gasteiger partial charge on any atom is -0.481 e. The number of thioether (sulfide) groups is 1. The molecule has 64 valence electrons. The summed E-state index contributed by atoms with van der Waals surface area (Å²) >= 11 is 1.26. The molecule has 0 bridgehead atoms. The van der Waals surface area contributed by atoms with Crippen molar-refractivity contribution in [1.29, 1.82) is 0 Å². The predicted molar refractivity (Wildman–Crippen MR) is 43.4 cm³/mol. The first-order chi connectivity index (χ1) is 5.04. The van der Waals surface area contributed by atoms with Gasteiger partial charge in [0.15, 0.2) is 0 Å². The van der Waals surface area contributed by atoms with Crippen molar-refractivity contribution < 1.29 is 14.7 Å². The molecule has 0 saturated carbocycles. The van der Waals surface area contributed by atoms with Gasteiger partial charge in [-0.2, -0.15) is 0 Å². The number of amides is 1. The Morgan fingerprint density at radius 3 is 2.55 bits per heavy atom. The molecule has 5 heteroatoms. The highest BCUT2D eigenvalue weighted by Gasteiger charge is 2.08. The summed E-state index contributed by atoms with van der Waals surface area (Å²) in [6.45, 7) is 1.66. The van der Waals surface area contributed by atoms with Crippen molar-refractivity contribution in [3.05, 3.63) is 0 Å². The topological polar surface area (TPSA) is 80.4 Å². The van der Waals surface area contributed by atoms with Crippen molar-refractivity contribution in [1.82, 2.24) is 0 Å². The second-order valence-corrected chi connectivity index (χ2v) is 3.51. The van der Waals surface area contributed by atoms with Gasteiger partial charge in [0.2, 0.25) is 5.91 Å². The van der Waals surface area contributed by atoms with Crippen molar-refractivity contribution in [2.45, 2.75) is 18.6 Å². The van der Waals surface area contributed by atoms with Crippen LogP contribution in [0.4, 0.5) is 0 Å². The minimum atomic E-state index is -0.853. The van der Waals surface area contributed by atoms with Crippen LogP contribution in [0.1, 0.15) is 13.3 Å². The van der Waals surface area contributed by atoms with Crippen molar-refractivity contribution >= 4 is 23.6 Å². The van der Waals surface area contributed by atoms with Crippen molar-refractivity contribution in [2.75, 3.05) is 5.75 Å². The van der Waals surface area contributed by atoms with E-state index in [9.17, 15) is 9.59 Å². The Morgan fingerprint density at radius 2 is 2.18 bits per heavy atom. The van der Waals surface area contributed by atoms with Crippen molar-refractivity contribution in [3.63, 3.8) is 0 Å². The first-order valence-corrected chi connectivity index (χ1v) is 4.21. The summed E-state index contributed by atoms with van der Waals surface area (Å²) in [5, 5.41) is 7.94. The molecule has 0 spiro atoms. The first kappa shape index (κ1) is 10.3. The van der Waals surface area contributed by atoms with Crippen LogP contribution in [0.3, 0.4) is 0 Å². The third-order valence-corrected chi connectivity index (χ3v) is 2.26. The number of primary amides is 1. The molecule has 0 rings (SSSR count). The lowest BCUT2D eigenvalue weighted by molar-refractivity contribution is -0.136. The molecule has 0 heterocycles. The van der Waals surface area contributed by atoms with Crippen molar-refractivity contribution in [2.24, 2.45) is 5.73 Å². The molecule has 0 aliphatic heterocycles. The van der Waals surface area contributed by atoms with Crippen LogP contribution in [-0.4, -0.2) is 28.0 Å². The van der Waals surface area contributed by atoms with Gasteiger partial charge in [-0.1, -0.05) is 0 Å². The van der Waals surface area contributed by atoms with Crippen LogP contribution in [0, 0.1) is 0 Å². The Hall–Kier alpha value is -0.710. The summed E-state index contributed by atoms with van der Waals surface area (Å²) in [6.07, 6.45) is 0.0717. The number of nitrogens with two attached hydrogens (primary N) is 1. The monoisotopic (exact) mass is 177 g/mol. The highest BCUT2D eigenvalue weighted by atomic mass is 32.2. The number of carboxylic acids is 1. The minimum absolute atomic E-state index is 0.0717. The fourth-order valence-corrected chi connectivity index (χ4v) is 1.22. The zero-order valence-corrected chi connectivity index (χ0v) is 7.06. The first-order valence-electron chi connectivity index (χ1n) is 3.16. The predicted octanol–water partition coefficient (Wildman–Crippen LogP) is 0.0681. The van der Waals surface area contributed by atoms with E-state index >= 15 is 0 Å². The van der Waals surface area contributed by atoms with Crippen LogP contribution in [0.5, 0.6) is 0 Å². The average Bonchev–Trinajstić information content (AvgIpc) is 1.86. The molecule has 0 aliphatic rings. The molecule has 1 atom stereocenters. The van der Waals surface area contributed by atoms with Crippen LogP contribution in [0.2, 0.25) is 0 Å². The normalized spacial score (nSPS) is 12.5. The van der Waals surface area contributed by atoms with Gasteiger partial charge >= 0.3 is 5.97 Å². The molecule has 0 radical (unpaired) electrons. The van der Waals surface area contributed by atoms with Gasteiger partial charge in [-0.3, -0.25) is 9.59 Å². The van der Waals surface area contributed by atoms with E-state index in [1.165, 1.54) is 11.8 Å². The lowest BCUT2D eigenvalue weighted by Crippen LogP contribution is -2.23. The van der Waals surface area contributed by atoms with E-state index in [-0.39, 0.29) is 11.7 Å². The second kappa shape index (κ2) is 5.01. The molecular weight excluding hydrogens is 166 g/mol. The lowest BCUT2D eigenvalue weighted by atomic mass is 10.5. The molecule has 3 N–H and O–H groups in total. The maximum atomic E-state index is 10.4. The van der Waals surface area contributed by atoms with Crippen LogP contribution < -0.4 is 5.73 Å². The van der Waals surface area contributed by atoms with Crippen LogP contribution in [-0.2, 0) is 9.59 Å². The molecule has 1 amide bonds. The van der Waals surface area contributed by atoms with E-state index in [2.05, 4.69) is 0 Å². The third-order valence-electron chi connectivity index (χ3n) is 1.08. The summed E-state index contributed by atoms with van der Waals surface area (Å²) < 4.78 is 0. The van der Waals surface area contributed by atoms with E-state index in [0.29, 0.717) is 5.75 Å². The summed E-state index contributed by atoms with van der Waals surface area (Å²) in [7, 11) is 0. The van der Waals surface area contributed by atoms with Gasteiger partial charge in [0.1, 0.15) is 0 Å². The SMILES string of the molecule is CC(SCCC(=O)O)C(N)=O. The molecule has 1 unspecified atom stereocenters. The molecule has 0 fully saturated rings. The Bertz CT molecular complexity index is 160. The van der Waals surface area contributed by atoms with Gasteiger partial charge in [0.25, 0.3) is 0 Å². The number of carbonyl (C=O) groups is 2. The highest BCUT2D eigenvalue weighted by Crippen LogP contribution is 2.10. The number of carboxylic acid groups (broad SMARTS) is 1. The quantitative estimate of drug-likeness (QED) is 0.622. The molecule has 4 nitrogen and oxygen atoms in total. The van der Waals surface area contributed by atoms with Crippen LogP contribution >= 0.6 is 11.8 Å². The summed E-state index contributed by atoms with van der Waals surface area (Å²) in [5.41, 5.74) is 4.95. The van der Waals surface area contributed by atoms with Gasteiger partial charge in [-0.15, -0.1) is 11.8 Å². The van der Waals surface area contributed by atoms with Crippen molar-refractivity contribution in [3.8, 4) is 0 Å². The number of aliphatic carboxylic acids is 1. The van der Waals surface area contributed by atoms with Gasteiger partial charge < -0.3 is 10.8 Å². The lowest BCUT2D eigenvalue weighted by Gasteiger charge is -2.03. The summed E-state index contributed by atoms with van der Waals surface area (Å²) in [6, 6.07) is 0. The molecule has 0 aromatic rings. The van der Waals surface area contributed by atoms with Crippen LogP contribution in [0.25, 0.3) is 0 Å². The Morgan fingerprint density at radius 1 is 1.64 bits per heavy atom. The molecular formula is C6H11NO3S. The number of hydrogen-bond donors (Lipinski definition) is 2. The standard InChI is InChI=1S/C6H11NO3S/c1-4(6(7)10)11-3-2-5(8)9/h4H,2-3H2,1H3,(H2,7,10)(H,8,9). The van der Waals surface area contributed by atoms with E-state index in [4.69, 9.17) is 10.8 Å². The van der Waals surface area contributed by atoms with Gasteiger partial charge in [0.05, 0.1) is 11.7 Å². The third kappa shape index (κ3) is 5.72. The number of hydrogen-bond acceptors (Lipinski definition) is 3. The summed E-state index contributed by atoms with van der Waals surface area (Å²) in [4.78, 5) is 20.5. The fourth-order valence-electron chi connectivity index (χ4n) is 0.405. The molecule has 0 aliphatic carbocycles. The highest BCUT2D eigenvalue weighted by molar-refractivity contribution is 8.00. The number of carbonyl (C=O) groups excluding carboxylic acids is 1. The molecule has 0 aromatic heterocycles. The molecule has 0 saturated heterocycles. The largest absolute Gasteiger partial charge is 0.481 e. The van der Waals surface area contributed by atoms with E-state index in [1.54, 1.807) is 6.92 Å². The zero-order valence-electron chi connectivity index (χ0n) is 6.24. The van der Waals surface area contributed by atoms with Crippen LogP contribution in [0.15, 0.2) is 0 Å². The summed E-state index contributed by atoms with van der Waals surface area (Å²) in [5.74, 6) is -0.825. The van der Waals surface area contributed by atoms with Gasteiger partial charge in [-0.25, -0.2) is 0 Å². The molecule has 11 heavy (non-hydrogen) atoms. The zero-order chi connectivity index (χ0) is 8.85. The van der Waals surface area contributed by atoms with E-state index in [1.807, 2.05) is 0 Å². The van der Waals surface area contributed by atoms with Gasteiger partial charge in [0, 0.05) is 5.75 Å². The number of rotatable bonds is 5. The molecule has 0 aromatic carbocycles. The van der Waals surface area contributed by atoms with Gasteiger partial charge in [-0.05, 0) is 6.92 Å². The second-order valence-electron chi connectivity index (χ2n) is 2.06. The average molecular weight is 177 g/mol. The smallest absolute Gasteiger partial charge is 0.304 e. The maximum Gasteiger partial charge on any atom is 0.304 e. The maximum absolute atomic E-state index is 10.4. The van der Waals surface area contributed by atoms with E-state index < -0.39 is 11.9 Å². The Balaban J connectivity index is 3.39.